The molecule has 3 N–H and O–H groups in total. The third-order valence-electron chi connectivity index (χ3n) is 6.93. The molecule has 9 nitrogen and oxygen atoms in total. The number of nitrogens with one attached hydrogen (secondary N) is 2. The van der Waals surface area contributed by atoms with Crippen LogP contribution in [0.15, 0.2) is 47.4 Å². The summed E-state index contributed by atoms with van der Waals surface area (Å²) in [6, 6.07) is 10.9. The third-order valence-corrected chi connectivity index (χ3v) is 9.49. The summed E-state index contributed by atoms with van der Waals surface area (Å²) in [6.07, 6.45) is 4.81. The van der Waals surface area contributed by atoms with E-state index >= 15 is 0 Å². The van der Waals surface area contributed by atoms with Crippen molar-refractivity contribution in [3.8, 4) is 21.9 Å². The molecular formula is C28H35N3O6S2. The van der Waals surface area contributed by atoms with Gasteiger partial charge >= 0.3 is 5.97 Å². The second kappa shape index (κ2) is 12.7. The van der Waals surface area contributed by atoms with Crippen molar-refractivity contribution in [2.75, 3.05) is 30.3 Å². The summed E-state index contributed by atoms with van der Waals surface area (Å²) < 4.78 is 39.5. The first-order valence-corrected chi connectivity index (χ1v) is 15.4. The maximum atomic E-state index is 13.2. The quantitative estimate of drug-likeness (QED) is 0.194. The normalized spacial score (nSPS) is 17.4. The van der Waals surface area contributed by atoms with Gasteiger partial charge < -0.3 is 19.9 Å². The molecule has 0 amide bonds. The zero-order chi connectivity index (χ0) is 28.0. The SMILES string of the molecule is CCOC(=O)C1CCC(CCNc2nc(C)c(-c3ccc(OC)c(S(=O)(=O)Nc4ccc(O)cc4)c3)s2)CC1. The van der Waals surface area contributed by atoms with Crippen molar-refractivity contribution in [1.29, 1.82) is 0 Å². The molecule has 1 aliphatic carbocycles. The lowest BCUT2D eigenvalue weighted by molar-refractivity contribution is -0.149. The van der Waals surface area contributed by atoms with E-state index in [2.05, 4.69) is 15.0 Å². The number of hydrogen-bond donors (Lipinski definition) is 3. The zero-order valence-corrected chi connectivity index (χ0v) is 24.0. The maximum absolute atomic E-state index is 13.2. The van der Waals surface area contributed by atoms with E-state index in [1.54, 1.807) is 12.1 Å². The van der Waals surface area contributed by atoms with Gasteiger partial charge in [-0.25, -0.2) is 13.4 Å². The second-order valence-electron chi connectivity index (χ2n) is 9.64. The summed E-state index contributed by atoms with van der Waals surface area (Å²) in [5.74, 6) is 0.810. The average molecular weight is 574 g/mol. The zero-order valence-electron chi connectivity index (χ0n) is 22.4. The monoisotopic (exact) mass is 573 g/mol. The predicted octanol–water partition coefficient (Wildman–Crippen LogP) is 5.81. The molecule has 1 saturated carbocycles. The first kappa shape index (κ1) is 28.7. The fraction of sp³-hybridized carbons (Fsp3) is 0.429. The van der Waals surface area contributed by atoms with Crippen LogP contribution in [0.1, 0.15) is 44.7 Å². The minimum atomic E-state index is -3.96. The highest BCUT2D eigenvalue weighted by Gasteiger charge is 2.27. The number of hydrogen-bond acceptors (Lipinski definition) is 9. The number of carbonyl (C=O) groups excluding carboxylic acids is 1. The Balaban J connectivity index is 1.41. The molecule has 0 bridgehead atoms. The van der Waals surface area contributed by atoms with Gasteiger partial charge in [-0.05, 0) is 99.9 Å². The van der Waals surface area contributed by atoms with Gasteiger partial charge in [0.15, 0.2) is 5.13 Å². The van der Waals surface area contributed by atoms with Gasteiger partial charge in [-0.1, -0.05) is 11.3 Å². The molecule has 39 heavy (non-hydrogen) atoms. The number of sulfonamides is 1. The molecule has 2 aromatic carbocycles. The van der Waals surface area contributed by atoms with Crippen molar-refractivity contribution in [2.45, 2.75) is 50.8 Å². The number of nitrogens with zero attached hydrogens (tertiary/aromatic N) is 1. The molecule has 0 saturated heterocycles. The number of aryl methyl sites for hydroxylation is 1. The van der Waals surface area contributed by atoms with Gasteiger partial charge in [0.05, 0.1) is 30.2 Å². The van der Waals surface area contributed by atoms with Crippen molar-refractivity contribution in [3.63, 3.8) is 0 Å². The number of aromatic hydroxyl groups is 1. The number of rotatable bonds is 11. The summed E-state index contributed by atoms with van der Waals surface area (Å²) in [6.45, 7) is 4.95. The van der Waals surface area contributed by atoms with E-state index < -0.39 is 10.0 Å². The van der Waals surface area contributed by atoms with Gasteiger partial charge in [-0.3, -0.25) is 9.52 Å². The first-order chi connectivity index (χ1) is 18.7. The third kappa shape index (κ3) is 7.21. The van der Waals surface area contributed by atoms with Crippen LogP contribution >= 0.6 is 11.3 Å². The molecule has 0 spiro atoms. The topological polar surface area (TPSA) is 127 Å². The van der Waals surface area contributed by atoms with Crippen molar-refractivity contribution in [3.05, 3.63) is 48.2 Å². The van der Waals surface area contributed by atoms with E-state index in [1.165, 1.54) is 42.7 Å². The van der Waals surface area contributed by atoms with E-state index in [-0.39, 0.29) is 28.3 Å². The highest BCUT2D eigenvalue weighted by Crippen LogP contribution is 2.37. The lowest BCUT2D eigenvalue weighted by Crippen LogP contribution is -2.24. The molecule has 4 rings (SSSR count). The number of phenols is 1. The van der Waals surface area contributed by atoms with Gasteiger partial charge in [0.2, 0.25) is 0 Å². The molecular weight excluding hydrogens is 538 g/mol. The second-order valence-corrected chi connectivity index (χ2v) is 12.3. The van der Waals surface area contributed by atoms with Crippen LogP contribution in [0.4, 0.5) is 10.8 Å². The fourth-order valence-corrected chi connectivity index (χ4v) is 7.08. The molecule has 0 radical (unpaired) electrons. The van der Waals surface area contributed by atoms with Gasteiger partial charge in [-0.2, -0.15) is 0 Å². The Morgan fingerprint density at radius 2 is 1.85 bits per heavy atom. The smallest absolute Gasteiger partial charge is 0.308 e. The number of thiazole rings is 1. The average Bonchev–Trinajstić information content (AvgIpc) is 3.30. The predicted molar refractivity (Wildman–Crippen MR) is 153 cm³/mol. The van der Waals surface area contributed by atoms with Crippen LogP contribution in [0.3, 0.4) is 0 Å². The Bertz CT molecular complexity index is 1380. The summed E-state index contributed by atoms with van der Waals surface area (Å²) in [4.78, 5) is 17.5. The first-order valence-electron chi connectivity index (χ1n) is 13.1. The number of benzene rings is 2. The highest BCUT2D eigenvalue weighted by molar-refractivity contribution is 7.92. The molecule has 0 aliphatic heterocycles. The standard InChI is InChI=1S/C28H35N3O6S2/c1-4-37-27(33)20-7-5-19(6-8-20)15-16-29-28-30-18(2)26(38-28)21-9-14-24(36-3)25(17-21)39(34,35)31-22-10-12-23(32)13-11-22/h9-14,17,19-20,31-32H,4-8,15-16H2,1-3H3,(H,29,30). The van der Waals surface area contributed by atoms with E-state index in [0.717, 1.165) is 59.9 Å². The maximum Gasteiger partial charge on any atom is 0.308 e. The number of ether oxygens (including phenoxy) is 2. The van der Waals surface area contributed by atoms with Crippen LogP contribution in [0.5, 0.6) is 11.5 Å². The number of anilines is 2. The number of carbonyl (C=O) groups is 1. The molecule has 0 atom stereocenters. The van der Waals surface area contributed by atoms with Crippen LogP contribution in [0.2, 0.25) is 0 Å². The van der Waals surface area contributed by atoms with E-state index in [0.29, 0.717) is 18.2 Å². The minimum absolute atomic E-state index is 0.0105. The van der Waals surface area contributed by atoms with Gasteiger partial charge in [0.1, 0.15) is 16.4 Å². The molecule has 1 heterocycles. The molecule has 1 aliphatic rings. The minimum Gasteiger partial charge on any atom is -0.508 e. The molecule has 3 aromatic rings. The van der Waals surface area contributed by atoms with E-state index in [1.807, 2.05) is 19.9 Å². The van der Waals surface area contributed by atoms with Gasteiger partial charge in [-0.15, -0.1) is 0 Å². The molecule has 11 heteroatoms. The van der Waals surface area contributed by atoms with Crippen molar-refractivity contribution >= 4 is 38.1 Å². The Labute approximate surface area is 233 Å². The van der Waals surface area contributed by atoms with Crippen molar-refractivity contribution < 1.29 is 27.8 Å². The van der Waals surface area contributed by atoms with Crippen LogP contribution in [0, 0.1) is 18.8 Å². The largest absolute Gasteiger partial charge is 0.508 e. The summed E-state index contributed by atoms with van der Waals surface area (Å²) >= 11 is 1.48. The molecule has 1 fully saturated rings. The van der Waals surface area contributed by atoms with Gasteiger partial charge in [0, 0.05) is 12.2 Å². The number of aromatic nitrogens is 1. The number of phenolic OH excluding ortho intramolecular Hbond substituents is 1. The molecule has 1 aromatic heterocycles. The summed E-state index contributed by atoms with van der Waals surface area (Å²) in [5, 5.41) is 13.7. The molecule has 210 valence electrons. The Kier molecular flexibility index (Phi) is 9.34. The van der Waals surface area contributed by atoms with Crippen LogP contribution in [-0.2, 0) is 19.6 Å². The van der Waals surface area contributed by atoms with Crippen LogP contribution in [-0.4, -0.2) is 44.7 Å². The lowest BCUT2D eigenvalue weighted by Gasteiger charge is -2.27. The van der Waals surface area contributed by atoms with Crippen LogP contribution < -0.4 is 14.8 Å². The van der Waals surface area contributed by atoms with E-state index in [9.17, 15) is 18.3 Å². The highest BCUT2D eigenvalue weighted by atomic mass is 32.2. The van der Waals surface area contributed by atoms with Crippen molar-refractivity contribution in [1.82, 2.24) is 4.98 Å². The van der Waals surface area contributed by atoms with Crippen molar-refractivity contribution in [2.24, 2.45) is 11.8 Å². The number of esters is 1. The van der Waals surface area contributed by atoms with Gasteiger partial charge in [0.25, 0.3) is 10.0 Å². The summed E-state index contributed by atoms with van der Waals surface area (Å²) in [5.41, 5.74) is 1.86. The van der Waals surface area contributed by atoms with Crippen LogP contribution in [0.25, 0.3) is 10.4 Å². The number of methoxy groups -OCH3 is 1. The fourth-order valence-electron chi connectivity index (χ4n) is 4.84. The Morgan fingerprint density at radius 1 is 1.13 bits per heavy atom. The van der Waals surface area contributed by atoms with E-state index in [4.69, 9.17) is 9.47 Å². The Morgan fingerprint density at radius 3 is 2.51 bits per heavy atom. The lowest BCUT2D eigenvalue weighted by atomic mass is 9.80. The molecule has 0 unspecified atom stereocenters. The summed E-state index contributed by atoms with van der Waals surface area (Å²) in [7, 11) is -2.53. The Hall–Kier alpha value is -3.31.